The van der Waals surface area contributed by atoms with E-state index in [4.69, 9.17) is 9.84 Å². The van der Waals surface area contributed by atoms with Crippen LogP contribution in [-0.2, 0) is 21.2 Å². The first-order chi connectivity index (χ1) is 13.7. The molecule has 1 aliphatic heterocycles. The number of hydrogen-bond donors (Lipinski definition) is 3. The minimum atomic E-state index is -3.52. The molecular formula is C19H23N3O6S. The molecule has 10 heteroatoms. The first kappa shape index (κ1) is 21.0. The molecule has 0 amide bonds. The molecule has 0 saturated heterocycles. The highest BCUT2D eigenvalue weighted by molar-refractivity contribution is 7.92. The Balaban J connectivity index is 1.76. The van der Waals surface area contributed by atoms with Crippen molar-refractivity contribution in [1.29, 1.82) is 0 Å². The fourth-order valence-corrected chi connectivity index (χ4v) is 4.24. The summed E-state index contributed by atoms with van der Waals surface area (Å²) in [6.45, 7) is -0.0209. The quantitative estimate of drug-likeness (QED) is 0.564. The van der Waals surface area contributed by atoms with Crippen molar-refractivity contribution in [2.45, 2.75) is 18.6 Å². The van der Waals surface area contributed by atoms with E-state index in [1.54, 1.807) is 42.7 Å². The van der Waals surface area contributed by atoms with Crippen LogP contribution in [0, 0.1) is 0 Å². The molecule has 1 aromatic heterocycles. The van der Waals surface area contributed by atoms with Crippen molar-refractivity contribution in [3.63, 3.8) is 0 Å². The molecule has 2 atom stereocenters. The third kappa shape index (κ3) is 5.43. The van der Waals surface area contributed by atoms with Crippen LogP contribution < -0.4 is 14.4 Å². The highest BCUT2D eigenvalue weighted by atomic mass is 32.2. The fourth-order valence-electron chi connectivity index (χ4n) is 3.25. The van der Waals surface area contributed by atoms with Crippen LogP contribution >= 0.6 is 0 Å². The van der Waals surface area contributed by atoms with Gasteiger partial charge in [0, 0.05) is 37.1 Å². The number of carbonyl (C=O) groups is 1. The van der Waals surface area contributed by atoms with Gasteiger partial charge in [-0.1, -0.05) is 6.07 Å². The Morgan fingerprint density at radius 2 is 2.21 bits per heavy atom. The molecule has 1 aliphatic rings. The average molecular weight is 421 g/mol. The van der Waals surface area contributed by atoms with E-state index in [-0.39, 0.29) is 19.1 Å². The van der Waals surface area contributed by atoms with Crippen LogP contribution in [0.5, 0.6) is 5.75 Å². The molecule has 1 unspecified atom stereocenters. The molecule has 2 heterocycles. The summed E-state index contributed by atoms with van der Waals surface area (Å²) in [5, 5.41) is 22.3. The molecule has 0 aliphatic carbocycles. The Kier molecular flexibility index (Phi) is 6.36. The van der Waals surface area contributed by atoms with Crippen molar-refractivity contribution in [2.24, 2.45) is 0 Å². The highest BCUT2D eigenvalue weighted by Crippen LogP contribution is 2.32. The number of aliphatic hydroxyl groups excluding tert-OH is 1. The van der Waals surface area contributed by atoms with Gasteiger partial charge >= 0.3 is 5.97 Å². The van der Waals surface area contributed by atoms with Gasteiger partial charge in [-0.25, -0.2) is 13.2 Å². The van der Waals surface area contributed by atoms with Crippen LogP contribution in [0.1, 0.15) is 17.2 Å². The van der Waals surface area contributed by atoms with Gasteiger partial charge < -0.3 is 20.3 Å². The lowest BCUT2D eigenvalue weighted by molar-refractivity contribution is -0.139. The number of fused-ring (bicyclic) bond motifs is 1. The van der Waals surface area contributed by atoms with E-state index in [9.17, 15) is 18.3 Å². The van der Waals surface area contributed by atoms with Crippen molar-refractivity contribution < 1.29 is 28.2 Å². The predicted octanol–water partition coefficient (Wildman–Crippen LogP) is 0.559. The van der Waals surface area contributed by atoms with E-state index < -0.39 is 28.7 Å². The van der Waals surface area contributed by atoms with E-state index in [0.717, 1.165) is 11.8 Å². The number of rotatable bonds is 8. The van der Waals surface area contributed by atoms with Crippen molar-refractivity contribution in [3.8, 4) is 5.75 Å². The fraction of sp³-hybridized carbons (Fsp3) is 0.368. The Labute approximate surface area is 169 Å². The number of carboxylic acid groups (broad SMARTS) is 1. The molecule has 3 rings (SSSR count). The minimum Gasteiger partial charge on any atom is -0.482 e. The molecule has 0 spiro atoms. The maximum Gasteiger partial charge on any atom is 0.341 e. The molecule has 0 bridgehead atoms. The van der Waals surface area contributed by atoms with Crippen molar-refractivity contribution in [3.05, 3.63) is 53.9 Å². The summed E-state index contributed by atoms with van der Waals surface area (Å²) in [7, 11) is -3.52. The standard InChI is InChI=1S/C19H23N3O6S/c1-29(26,27)22-11-15(21-10-18(23)13-3-2-6-20-9-13)7-14-8-16(4-5-17(14)22)28-12-19(24)25/h2-6,8-9,15,18,21,23H,7,10-12H2,1H3,(H,24,25)/t15?,18-/m0/s1. The molecule has 2 aromatic rings. The third-order valence-corrected chi connectivity index (χ3v) is 5.75. The van der Waals surface area contributed by atoms with Crippen LogP contribution in [-0.4, -0.2) is 61.6 Å². The summed E-state index contributed by atoms with van der Waals surface area (Å²) in [6.07, 6.45) is 4.07. The van der Waals surface area contributed by atoms with Crippen molar-refractivity contribution in [2.75, 3.05) is 30.3 Å². The van der Waals surface area contributed by atoms with Gasteiger partial charge in [0.1, 0.15) is 5.75 Å². The second-order valence-electron chi connectivity index (χ2n) is 6.88. The minimum absolute atomic E-state index is 0.223. The highest BCUT2D eigenvalue weighted by Gasteiger charge is 2.30. The Morgan fingerprint density at radius 1 is 1.41 bits per heavy atom. The van der Waals surface area contributed by atoms with Crippen LogP contribution in [0.25, 0.3) is 0 Å². The number of nitrogens with zero attached hydrogens (tertiary/aromatic N) is 2. The van der Waals surface area contributed by atoms with E-state index >= 15 is 0 Å². The summed E-state index contributed by atoms with van der Waals surface area (Å²) in [5.74, 6) is -0.736. The molecule has 3 N–H and O–H groups in total. The van der Waals surface area contributed by atoms with Gasteiger partial charge in [0.2, 0.25) is 10.0 Å². The number of aliphatic carboxylic acids is 1. The van der Waals surface area contributed by atoms with E-state index in [1.807, 2.05) is 0 Å². The lowest BCUT2D eigenvalue weighted by Gasteiger charge is -2.35. The van der Waals surface area contributed by atoms with E-state index in [2.05, 4.69) is 10.3 Å². The monoisotopic (exact) mass is 421 g/mol. The molecule has 29 heavy (non-hydrogen) atoms. The van der Waals surface area contributed by atoms with Gasteiger partial charge in [-0.3, -0.25) is 9.29 Å². The Morgan fingerprint density at radius 3 is 2.86 bits per heavy atom. The van der Waals surface area contributed by atoms with Gasteiger partial charge in [-0.05, 0) is 36.2 Å². The zero-order valence-electron chi connectivity index (χ0n) is 15.9. The van der Waals surface area contributed by atoms with Crippen molar-refractivity contribution in [1.82, 2.24) is 10.3 Å². The van der Waals surface area contributed by atoms with Gasteiger partial charge in [0.05, 0.1) is 18.0 Å². The summed E-state index contributed by atoms with van der Waals surface area (Å²) < 4.78 is 31.1. The van der Waals surface area contributed by atoms with Crippen molar-refractivity contribution >= 4 is 21.7 Å². The second kappa shape index (κ2) is 8.76. The summed E-state index contributed by atoms with van der Waals surface area (Å²) >= 11 is 0. The number of anilines is 1. The number of carboxylic acids is 1. The number of benzene rings is 1. The van der Waals surface area contributed by atoms with Gasteiger partial charge in [-0.2, -0.15) is 0 Å². The number of sulfonamides is 1. The molecule has 156 valence electrons. The number of nitrogens with one attached hydrogen (secondary N) is 1. The van der Waals surface area contributed by atoms with E-state index in [1.165, 1.54) is 4.31 Å². The third-order valence-electron chi connectivity index (χ3n) is 4.60. The largest absolute Gasteiger partial charge is 0.482 e. The maximum atomic E-state index is 12.3. The molecular weight excluding hydrogens is 398 g/mol. The number of ether oxygens (including phenoxy) is 1. The van der Waals surface area contributed by atoms with Crippen LogP contribution in [0.15, 0.2) is 42.7 Å². The molecule has 0 radical (unpaired) electrons. The first-order valence-electron chi connectivity index (χ1n) is 9.00. The molecule has 0 saturated carbocycles. The topological polar surface area (TPSA) is 129 Å². The van der Waals surface area contributed by atoms with Gasteiger partial charge in [0.15, 0.2) is 6.61 Å². The summed E-state index contributed by atoms with van der Waals surface area (Å²) in [6, 6.07) is 8.10. The van der Waals surface area contributed by atoms with Gasteiger partial charge in [0.25, 0.3) is 0 Å². The SMILES string of the molecule is CS(=O)(=O)N1CC(NC[C@H](O)c2cccnc2)Cc2cc(OCC(=O)O)ccc21. The van der Waals surface area contributed by atoms with Crippen LogP contribution in [0.2, 0.25) is 0 Å². The van der Waals surface area contributed by atoms with Gasteiger partial charge in [-0.15, -0.1) is 0 Å². The van der Waals surface area contributed by atoms with Crippen LogP contribution in [0.4, 0.5) is 5.69 Å². The van der Waals surface area contributed by atoms with E-state index in [0.29, 0.717) is 23.4 Å². The summed E-state index contributed by atoms with van der Waals surface area (Å²) in [4.78, 5) is 14.7. The molecule has 0 fully saturated rings. The zero-order valence-corrected chi connectivity index (χ0v) is 16.7. The smallest absolute Gasteiger partial charge is 0.341 e. The molecule has 9 nitrogen and oxygen atoms in total. The number of aliphatic hydroxyl groups is 1. The maximum absolute atomic E-state index is 12.3. The zero-order chi connectivity index (χ0) is 21.0. The average Bonchev–Trinajstić information content (AvgIpc) is 2.69. The second-order valence-corrected chi connectivity index (χ2v) is 8.79. The number of pyridine rings is 1. The Bertz CT molecular complexity index is 967. The lowest BCUT2D eigenvalue weighted by atomic mass is 9.99. The van der Waals surface area contributed by atoms with Crippen LogP contribution in [0.3, 0.4) is 0 Å². The molecule has 1 aromatic carbocycles. The normalized spacial score (nSPS) is 17.4. The Hall–Kier alpha value is -2.69. The number of hydrogen-bond acceptors (Lipinski definition) is 7. The first-order valence-corrected chi connectivity index (χ1v) is 10.9. The predicted molar refractivity (Wildman–Crippen MR) is 106 cm³/mol. The lowest BCUT2D eigenvalue weighted by Crippen LogP contribution is -2.49. The number of aromatic nitrogens is 1. The summed E-state index contributed by atoms with van der Waals surface area (Å²) in [5.41, 5.74) is 1.93.